The maximum absolute atomic E-state index is 12.0. The highest BCUT2D eigenvalue weighted by Crippen LogP contribution is 2.22. The van der Waals surface area contributed by atoms with Crippen LogP contribution >= 0.6 is 0 Å². The normalized spacial score (nSPS) is 24.9. The molecule has 0 aromatic carbocycles. The summed E-state index contributed by atoms with van der Waals surface area (Å²) in [6, 6.07) is -0.0433. The monoisotopic (exact) mass is 270 g/mol. The number of nitrogens with one attached hydrogen (secondary N) is 1. The van der Waals surface area contributed by atoms with Gasteiger partial charge in [0.25, 0.3) is 0 Å². The Morgan fingerprint density at radius 3 is 2.58 bits per heavy atom. The van der Waals surface area contributed by atoms with Crippen molar-refractivity contribution in [2.75, 3.05) is 13.1 Å². The predicted molar refractivity (Wildman–Crippen MR) is 73.5 cm³/mol. The highest BCUT2D eigenvalue weighted by molar-refractivity contribution is 5.77. The van der Waals surface area contributed by atoms with Crippen LogP contribution in [0.25, 0.3) is 0 Å². The molecule has 1 aliphatic rings. The van der Waals surface area contributed by atoms with E-state index < -0.39 is 6.10 Å². The number of hydrogen-bond acceptors (Lipinski definition) is 3. The van der Waals surface area contributed by atoms with Gasteiger partial charge in [-0.1, -0.05) is 13.8 Å². The number of amides is 2. The number of rotatable bonds is 5. The zero-order chi connectivity index (χ0) is 14.4. The van der Waals surface area contributed by atoms with Crippen molar-refractivity contribution < 1.29 is 14.7 Å². The fourth-order valence-corrected chi connectivity index (χ4v) is 2.72. The second-order valence-electron chi connectivity index (χ2n) is 5.42. The average Bonchev–Trinajstić information content (AvgIpc) is 2.36. The van der Waals surface area contributed by atoms with Crippen molar-refractivity contribution >= 4 is 11.8 Å². The van der Waals surface area contributed by atoms with E-state index in [-0.39, 0.29) is 23.8 Å². The SMILES string of the molecule is CCCC(=O)N1CC(NC(C)=O)CC(C(O)CC)C1. The topological polar surface area (TPSA) is 69.6 Å². The van der Waals surface area contributed by atoms with Gasteiger partial charge < -0.3 is 15.3 Å². The first-order chi connectivity index (χ1) is 8.97. The molecule has 5 heteroatoms. The van der Waals surface area contributed by atoms with Gasteiger partial charge in [-0.3, -0.25) is 9.59 Å². The van der Waals surface area contributed by atoms with Crippen LogP contribution in [0, 0.1) is 5.92 Å². The second-order valence-corrected chi connectivity index (χ2v) is 5.42. The third-order valence-corrected chi connectivity index (χ3v) is 3.67. The quantitative estimate of drug-likeness (QED) is 0.780. The smallest absolute Gasteiger partial charge is 0.222 e. The lowest BCUT2D eigenvalue weighted by Crippen LogP contribution is -2.54. The molecule has 0 saturated carbocycles. The number of carbonyl (C=O) groups excluding carboxylic acids is 2. The third kappa shape index (κ3) is 4.82. The van der Waals surface area contributed by atoms with Crippen LogP contribution in [0.3, 0.4) is 0 Å². The molecule has 1 aliphatic heterocycles. The fraction of sp³-hybridized carbons (Fsp3) is 0.857. The fourth-order valence-electron chi connectivity index (χ4n) is 2.72. The van der Waals surface area contributed by atoms with E-state index in [4.69, 9.17) is 0 Å². The molecule has 5 nitrogen and oxygen atoms in total. The van der Waals surface area contributed by atoms with E-state index >= 15 is 0 Å². The van der Waals surface area contributed by atoms with Gasteiger partial charge in [0.05, 0.1) is 6.10 Å². The lowest BCUT2D eigenvalue weighted by Gasteiger charge is -2.39. The van der Waals surface area contributed by atoms with Gasteiger partial charge in [-0.2, -0.15) is 0 Å². The molecule has 0 aromatic rings. The Balaban J connectivity index is 2.71. The molecule has 0 aromatic heterocycles. The Bertz CT molecular complexity index is 320. The molecule has 0 radical (unpaired) electrons. The number of carbonyl (C=O) groups is 2. The predicted octanol–water partition coefficient (Wildman–Crippen LogP) is 0.911. The average molecular weight is 270 g/mol. The van der Waals surface area contributed by atoms with Crippen LogP contribution in [-0.2, 0) is 9.59 Å². The molecule has 0 bridgehead atoms. The van der Waals surface area contributed by atoms with E-state index in [0.717, 1.165) is 12.8 Å². The minimum atomic E-state index is -0.409. The molecule has 2 N–H and O–H groups in total. The van der Waals surface area contributed by atoms with Gasteiger partial charge >= 0.3 is 0 Å². The first-order valence-corrected chi connectivity index (χ1v) is 7.20. The number of aliphatic hydroxyl groups is 1. The molecule has 3 unspecified atom stereocenters. The number of aliphatic hydroxyl groups excluding tert-OH is 1. The summed E-state index contributed by atoms with van der Waals surface area (Å²) in [4.78, 5) is 25.0. The minimum Gasteiger partial charge on any atom is -0.393 e. The molecule has 1 heterocycles. The van der Waals surface area contributed by atoms with Gasteiger partial charge in [-0.15, -0.1) is 0 Å². The van der Waals surface area contributed by atoms with Crippen LogP contribution < -0.4 is 5.32 Å². The van der Waals surface area contributed by atoms with Crippen molar-refractivity contribution in [2.45, 2.75) is 58.6 Å². The Labute approximate surface area is 115 Å². The van der Waals surface area contributed by atoms with Crippen molar-refractivity contribution in [3.8, 4) is 0 Å². The Hall–Kier alpha value is -1.10. The molecule has 3 atom stereocenters. The highest BCUT2D eigenvalue weighted by Gasteiger charge is 2.33. The summed E-state index contributed by atoms with van der Waals surface area (Å²) in [5, 5.41) is 12.9. The standard InChI is InChI=1S/C14H26N2O3/c1-4-6-14(19)16-8-11(13(18)5-2)7-12(9-16)15-10(3)17/h11-13,18H,4-9H2,1-3H3,(H,15,17). The van der Waals surface area contributed by atoms with Gasteiger partial charge in [-0.05, 0) is 19.3 Å². The van der Waals surface area contributed by atoms with Crippen LogP contribution in [0.5, 0.6) is 0 Å². The summed E-state index contributed by atoms with van der Waals surface area (Å²) in [5.41, 5.74) is 0. The van der Waals surface area contributed by atoms with Crippen LogP contribution in [0.2, 0.25) is 0 Å². The largest absolute Gasteiger partial charge is 0.393 e. The molecule has 1 rings (SSSR count). The lowest BCUT2D eigenvalue weighted by atomic mass is 9.88. The van der Waals surface area contributed by atoms with Crippen molar-refractivity contribution in [3.63, 3.8) is 0 Å². The van der Waals surface area contributed by atoms with E-state index in [9.17, 15) is 14.7 Å². The van der Waals surface area contributed by atoms with Gasteiger partial charge in [-0.25, -0.2) is 0 Å². The molecular formula is C14H26N2O3. The maximum atomic E-state index is 12.0. The van der Waals surface area contributed by atoms with Crippen LogP contribution in [-0.4, -0.2) is 47.1 Å². The summed E-state index contributed by atoms with van der Waals surface area (Å²) in [6.45, 7) is 6.56. The molecule has 0 aliphatic carbocycles. The van der Waals surface area contributed by atoms with Crippen molar-refractivity contribution in [3.05, 3.63) is 0 Å². The van der Waals surface area contributed by atoms with Gasteiger partial charge in [0.15, 0.2) is 0 Å². The van der Waals surface area contributed by atoms with E-state index in [2.05, 4.69) is 5.32 Å². The molecule has 1 fully saturated rings. The summed E-state index contributed by atoms with van der Waals surface area (Å²) in [7, 11) is 0. The summed E-state index contributed by atoms with van der Waals surface area (Å²) >= 11 is 0. The summed E-state index contributed by atoms with van der Waals surface area (Å²) in [5.74, 6) is 0.0850. The van der Waals surface area contributed by atoms with E-state index in [1.807, 2.05) is 13.8 Å². The van der Waals surface area contributed by atoms with Crippen molar-refractivity contribution in [1.29, 1.82) is 0 Å². The first-order valence-electron chi connectivity index (χ1n) is 7.20. The second kappa shape index (κ2) is 7.48. The molecule has 110 valence electrons. The zero-order valence-corrected chi connectivity index (χ0v) is 12.2. The van der Waals surface area contributed by atoms with Gasteiger partial charge in [0, 0.05) is 38.4 Å². The summed E-state index contributed by atoms with van der Waals surface area (Å²) in [6.07, 6.45) is 2.36. The van der Waals surface area contributed by atoms with E-state index in [1.54, 1.807) is 4.90 Å². The number of piperidine rings is 1. The van der Waals surface area contributed by atoms with E-state index in [0.29, 0.717) is 25.9 Å². The van der Waals surface area contributed by atoms with Crippen LogP contribution in [0.4, 0.5) is 0 Å². The van der Waals surface area contributed by atoms with Crippen molar-refractivity contribution in [2.24, 2.45) is 5.92 Å². The highest BCUT2D eigenvalue weighted by atomic mass is 16.3. The van der Waals surface area contributed by atoms with Gasteiger partial charge in [0.1, 0.15) is 0 Å². The molecule has 0 spiro atoms. The van der Waals surface area contributed by atoms with Gasteiger partial charge in [0.2, 0.25) is 11.8 Å². The molecular weight excluding hydrogens is 244 g/mol. The number of nitrogens with zero attached hydrogens (tertiary/aromatic N) is 1. The minimum absolute atomic E-state index is 0.0433. The molecule has 2 amide bonds. The number of hydrogen-bond donors (Lipinski definition) is 2. The van der Waals surface area contributed by atoms with Crippen LogP contribution in [0.15, 0.2) is 0 Å². The number of likely N-dealkylation sites (tertiary alicyclic amines) is 1. The Morgan fingerprint density at radius 1 is 1.37 bits per heavy atom. The Morgan fingerprint density at radius 2 is 2.05 bits per heavy atom. The summed E-state index contributed by atoms with van der Waals surface area (Å²) < 4.78 is 0. The molecule has 19 heavy (non-hydrogen) atoms. The zero-order valence-electron chi connectivity index (χ0n) is 12.2. The van der Waals surface area contributed by atoms with E-state index in [1.165, 1.54) is 6.92 Å². The lowest BCUT2D eigenvalue weighted by molar-refractivity contribution is -0.135. The first kappa shape index (κ1) is 16.0. The molecule has 1 saturated heterocycles. The Kier molecular flexibility index (Phi) is 6.28. The third-order valence-electron chi connectivity index (χ3n) is 3.67. The van der Waals surface area contributed by atoms with Crippen molar-refractivity contribution in [1.82, 2.24) is 10.2 Å². The van der Waals surface area contributed by atoms with Crippen LogP contribution in [0.1, 0.15) is 46.5 Å². The maximum Gasteiger partial charge on any atom is 0.222 e.